The first-order valence-electron chi connectivity index (χ1n) is 4.10. The minimum Gasteiger partial charge on any atom is -0.493 e. The third-order valence-corrected chi connectivity index (χ3v) is 2.08. The average Bonchev–Trinajstić information content (AvgIpc) is 2.17. The molecule has 1 heterocycles. The van der Waals surface area contributed by atoms with Crippen molar-refractivity contribution in [3.8, 4) is 5.75 Å². The van der Waals surface area contributed by atoms with Gasteiger partial charge >= 0.3 is 5.97 Å². The summed E-state index contributed by atoms with van der Waals surface area (Å²) in [5.74, 6) is 0.267. The Morgan fingerprint density at radius 2 is 2.15 bits per heavy atom. The van der Waals surface area contributed by atoms with Gasteiger partial charge in [-0.25, -0.2) is 0 Å². The van der Waals surface area contributed by atoms with Crippen molar-refractivity contribution < 1.29 is 14.6 Å². The minimum atomic E-state index is -0.851. The fraction of sp³-hybridized carbons (Fsp3) is 0.200. The Hall–Kier alpha value is -1.51. The molecule has 3 nitrogen and oxygen atoms in total. The predicted molar refractivity (Wildman–Crippen MR) is 46.5 cm³/mol. The summed E-state index contributed by atoms with van der Waals surface area (Å²) in [5.41, 5.74) is 0.709. The van der Waals surface area contributed by atoms with Gasteiger partial charge in [0.2, 0.25) is 0 Å². The number of rotatable bonds is 1. The van der Waals surface area contributed by atoms with E-state index in [9.17, 15) is 4.79 Å². The van der Waals surface area contributed by atoms with Gasteiger partial charge in [0.25, 0.3) is 0 Å². The maximum absolute atomic E-state index is 10.8. The van der Waals surface area contributed by atoms with E-state index in [4.69, 9.17) is 9.84 Å². The smallest absolute Gasteiger partial charge is 0.315 e. The highest BCUT2D eigenvalue weighted by atomic mass is 16.5. The molecular weight excluding hydrogens is 168 g/mol. The second kappa shape index (κ2) is 3.09. The molecule has 0 aromatic heterocycles. The number of ether oxygens (including phenoxy) is 1. The fourth-order valence-electron chi connectivity index (χ4n) is 1.46. The number of hydrogen-bond donors (Lipinski definition) is 1. The van der Waals surface area contributed by atoms with Crippen LogP contribution in [0.1, 0.15) is 12.0 Å². The number of carboxylic acid groups (broad SMARTS) is 1. The Morgan fingerprint density at radius 1 is 1.38 bits per heavy atom. The topological polar surface area (TPSA) is 46.5 Å². The van der Waals surface area contributed by atoms with Crippen LogP contribution < -0.4 is 4.74 Å². The maximum atomic E-state index is 10.8. The lowest BCUT2D eigenvalue weighted by Gasteiger charge is -2.21. The number of carboxylic acids is 1. The SMILES string of the molecule is O=C(O)[C]1CCOc2ccccc21. The molecule has 0 fully saturated rings. The van der Waals surface area contributed by atoms with E-state index in [1.807, 2.05) is 12.1 Å². The molecule has 3 heteroatoms. The molecule has 1 radical (unpaired) electrons. The molecule has 1 aromatic rings. The van der Waals surface area contributed by atoms with Crippen LogP contribution >= 0.6 is 0 Å². The molecule has 0 bridgehead atoms. The first kappa shape index (κ1) is 8.10. The Labute approximate surface area is 76.0 Å². The Balaban J connectivity index is 2.42. The summed E-state index contributed by atoms with van der Waals surface area (Å²) in [7, 11) is 0. The third-order valence-electron chi connectivity index (χ3n) is 2.08. The van der Waals surface area contributed by atoms with Crippen molar-refractivity contribution in [2.45, 2.75) is 6.42 Å². The van der Waals surface area contributed by atoms with Crippen molar-refractivity contribution in [1.82, 2.24) is 0 Å². The first-order chi connectivity index (χ1) is 6.29. The van der Waals surface area contributed by atoms with Gasteiger partial charge in [-0.1, -0.05) is 18.2 Å². The number of carbonyl (C=O) groups is 1. The molecule has 2 rings (SSSR count). The van der Waals surface area contributed by atoms with Crippen LogP contribution in [-0.4, -0.2) is 17.7 Å². The van der Waals surface area contributed by atoms with Crippen molar-refractivity contribution in [3.63, 3.8) is 0 Å². The van der Waals surface area contributed by atoms with Crippen LogP contribution in [0.2, 0.25) is 0 Å². The Bertz CT molecular complexity index is 333. The highest BCUT2D eigenvalue weighted by Crippen LogP contribution is 2.32. The van der Waals surface area contributed by atoms with Gasteiger partial charge in [-0.05, 0) is 6.07 Å². The molecule has 0 amide bonds. The maximum Gasteiger partial charge on any atom is 0.315 e. The van der Waals surface area contributed by atoms with Gasteiger partial charge < -0.3 is 9.84 Å². The van der Waals surface area contributed by atoms with Crippen LogP contribution in [0, 0.1) is 5.92 Å². The van der Waals surface area contributed by atoms with Crippen LogP contribution in [0.15, 0.2) is 24.3 Å². The summed E-state index contributed by atoms with van der Waals surface area (Å²) < 4.78 is 5.32. The van der Waals surface area contributed by atoms with E-state index in [-0.39, 0.29) is 0 Å². The van der Waals surface area contributed by atoms with E-state index in [0.717, 1.165) is 0 Å². The molecule has 13 heavy (non-hydrogen) atoms. The number of benzene rings is 1. The fourth-order valence-corrected chi connectivity index (χ4v) is 1.46. The summed E-state index contributed by atoms with van der Waals surface area (Å²) in [6, 6.07) is 7.22. The van der Waals surface area contributed by atoms with Crippen LogP contribution in [0.4, 0.5) is 0 Å². The number of hydrogen-bond acceptors (Lipinski definition) is 2. The zero-order chi connectivity index (χ0) is 9.26. The van der Waals surface area contributed by atoms with Gasteiger partial charge in [0.05, 0.1) is 6.61 Å². The molecule has 1 aliphatic heterocycles. The van der Waals surface area contributed by atoms with Crippen LogP contribution in [0.25, 0.3) is 0 Å². The van der Waals surface area contributed by atoms with Crippen molar-refractivity contribution in [2.24, 2.45) is 0 Å². The van der Waals surface area contributed by atoms with Gasteiger partial charge in [0.1, 0.15) is 11.7 Å². The van der Waals surface area contributed by atoms with E-state index in [1.54, 1.807) is 12.1 Å². The summed E-state index contributed by atoms with van der Waals surface area (Å²) in [6.45, 7) is 0.457. The lowest BCUT2D eigenvalue weighted by molar-refractivity contribution is -0.134. The molecule has 0 spiro atoms. The largest absolute Gasteiger partial charge is 0.493 e. The molecule has 0 atom stereocenters. The van der Waals surface area contributed by atoms with E-state index >= 15 is 0 Å². The quantitative estimate of drug-likeness (QED) is 0.706. The van der Waals surface area contributed by atoms with Crippen molar-refractivity contribution in [1.29, 1.82) is 0 Å². The standard InChI is InChI=1S/C10H9O3/c11-10(12)8-5-6-13-9-4-2-1-3-7(8)9/h1-4H,5-6H2,(H,11,12). The second-order valence-corrected chi connectivity index (χ2v) is 2.88. The van der Waals surface area contributed by atoms with Gasteiger partial charge in [0.15, 0.2) is 0 Å². The normalized spacial score (nSPS) is 16.0. The molecule has 0 unspecified atom stereocenters. The van der Waals surface area contributed by atoms with Gasteiger partial charge in [-0.2, -0.15) is 0 Å². The molecule has 1 N–H and O–H groups in total. The van der Waals surface area contributed by atoms with Crippen LogP contribution in [0.3, 0.4) is 0 Å². The third kappa shape index (κ3) is 1.37. The first-order valence-corrected chi connectivity index (χ1v) is 4.10. The zero-order valence-corrected chi connectivity index (χ0v) is 6.99. The minimum absolute atomic E-state index is 0.446. The van der Waals surface area contributed by atoms with Crippen molar-refractivity contribution >= 4 is 5.97 Å². The van der Waals surface area contributed by atoms with E-state index < -0.39 is 5.97 Å². The molecule has 67 valence electrons. The summed E-state index contributed by atoms with van der Waals surface area (Å²) in [4.78, 5) is 10.8. The number of para-hydroxylation sites is 1. The monoisotopic (exact) mass is 177 g/mol. The summed E-state index contributed by atoms with van der Waals surface area (Å²) in [6.07, 6.45) is 0.479. The lowest BCUT2D eigenvalue weighted by atomic mass is 9.93. The number of fused-ring (bicyclic) bond motifs is 1. The van der Waals surface area contributed by atoms with E-state index in [2.05, 4.69) is 0 Å². The zero-order valence-electron chi connectivity index (χ0n) is 6.99. The average molecular weight is 177 g/mol. The molecule has 1 aliphatic rings. The summed E-state index contributed by atoms with van der Waals surface area (Å²) in [5, 5.41) is 8.89. The van der Waals surface area contributed by atoms with Crippen molar-refractivity contribution in [3.05, 3.63) is 35.7 Å². The molecule has 0 saturated carbocycles. The van der Waals surface area contributed by atoms with Crippen LogP contribution in [-0.2, 0) is 4.79 Å². The van der Waals surface area contributed by atoms with Crippen molar-refractivity contribution in [2.75, 3.05) is 6.61 Å². The molecular formula is C10H9O3. The highest BCUT2D eigenvalue weighted by Gasteiger charge is 2.27. The second-order valence-electron chi connectivity index (χ2n) is 2.88. The Kier molecular flexibility index (Phi) is 1.93. The predicted octanol–water partition coefficient (Wildman–Crippen LogP) is 1.48. The van der Waals surface area contributed by atoms with Gasteiger partial charge in [-0.3, -0.25) is 4.79 Å². The molecule has 1 aromatic carbocycles. The van der Waals surface area contributed by atoms with Gasteiger partial charge in [-0.15, -0.1) is 0 Å². The number of aliphatic carboxylic acids is 1. The lowest BCUT2D eigenvalue weighted by Crippen LogP contribution is -2.21. The van der Waals surface area contributed by atoms with E-state index in [1.165, 1.54) is 0 Å². The van der Waals surface area contributed by atoms with Gasteiger partial charge in [0, 0.05) is 12.0 Å². The molecule has 0 saturated heterocycles. The Morgan fingerprint density at radius 3 is 2.92 bits per heavy atom. The van der Waals surface area contributed by atoms with Crippen LogP contribution in [0.5, 0.6) is 5.75 Å². The highest BCUT2D eigenvalue weighted by molar-refractivity contribution is 5.89. The van der Waals surface area contributed by atoms with E-state index in [0.29, 0.717) is 30.3 Å². The summed E-state index contributed by atoms with van der Waals surface area (Å²) >= 11 is 0. The molecule has 0 aliphatic carbocycles.